The Morgan fingerprint density at radius 3 is 2.47 bits per heavy atom. The Labute approximate surface area is 104 Å². The van der Waals surface area contributed by atoms with Gasteiger partial charge >= 0.3 is 0 Å². The van der Waals surface area contributed by atoms with E-state index >= 15 is 0 Å². The fourth-order valence-corrected chi connectivity index (χ4v) is 2.14. The van der Waals surface area contributed by atoms with E-state index in [1.165, 1.54) is 0 Å². The summed E-state index contributed by atoms with van der Waals surface area (Å²) in [5.41, 5.74) is 3.12. The van der Waals surface area contributed by atoms with Gasteiger partial charge in [-0.15, -0.1) is 0 Å². The van der Waals surface area contributed by atoms with Crippen LogP contribution in [0.4, 0.5) is 0 Å². The van der Waals surface area contributed by atoms with Crippen molar-refractivity contribution < 1.29 is 9.84 Å². The Balaban J connectivity index is 3.33. The number of aryl methyl sites for hydroxylation is 1. The molecular formula is C14H23NO2. The van der Waals surface area contributed by atoms with Gasteiger partial charge in [0.1, 0.15) is 5.75 Å². The summed E-state index contributed by atoms with van der Waals surface area (Å²) < 4.78 is 5.45. The van der Waals surface area contributed by atoms with Gasteiger partial charge in [-0.1, -0.05) is 26.0 Å². The van der Waals surface area contributed by atoms with Crippen molar-refractivity contribution in [2.24, 2.45) is 0 Å². The lowest BCUT2D eigenvalue weighted by Crippen LogP contribution is -2.19. The molecule has 0 radical (unpaired) electrons. The van der Waals surface area contributed by atoms with Crippen LogP contribution in [0.15, 0.2) is 12.1 Å². The average Bonchev–Trinajstić information content (AvgIpc) is 2.28. The molecular weight excluding hydrogens is 214 g/mol. The molecule has 1 unspecified atom stereocenters. The van der Waals surface area contributed by atoms with Gasteiger partial charge in [0.25, 0.3) is 0 Å². The van der Waals surface area contributed by atoms with Crippen molar-refractivity contribution in [3.05, 3.63) is 28.8 Å². The highest BCUT2D eigenvalue weighted by Gasteiger charge is 2.20. The highest BCUT2D eigenvalue weighted by atomic mass is 16.5. The first-order chi connectivity index (χ1) is 8.02. The molecule has 0 aliphatic rings. The van der Waals surface area contributed by atoms with Crippen molar-refractivity contribution in [3.63, 3.8) is 0 Å². The van der Waals surface area contributed by atoms with Crippen molar-refractivity contribution >= 4 is 0 Å². The Hall–Kier alpha value is -1.06. The Morgan fingerprint density at radius 1 is 1.35 bits per heavy atom. The predicted octanol–water partition coefficient (Wildman–Crippen LogP) is 2.38. The molecule has 3 nitrogen and oxygen atoms in total. The normalized spacial score (nSPS) is 12.9. The molecule has 96 valence electrons. The van der Waals surface area contributed by atoms with E-state index in [1.807, 2.05) is 20.0 Å². The molecule has 0 saturated carbocycles. The zero-order chi connectivity index (χ0) is 13.0. The van der Waals surface area contributed by atoms with Crippen molar-refractivity contribution in [1.82, 2.24) is 5.32 Å². The van der Waals surface area contributed by atoms with Crippen LogP contribution in [0.25, 0.3) is 0 Å². The van der Waals surface area contributed by atoms with E-state index in [9.17, 15) is 5.11 Å². The first-order valence-electron chi connectivity index (χ1n) is 6.03. The number of aliphatic hydroxyl groups is 1. The summed E-state index contributed by atoms with van der Waals surface area (Å²) in [5.74, 6) is 1.17. The number of rotatable bonds is 5. The lowest BCUT2D eigenvalue weighted by Gasteiger charge is -2.22. The number of hydrogen-bond acceptors (Lipinski definition) is 3. The van der Waals surface area contributed by atoms with Gasteiger partial charge in [-0.2, -0.15) is 0 Å². The van der Waals surface area contributed by atoms with E-state index in [1.54, 1.807) is 7.11 Å². The predicted molar refractivity (Wildman–Crippen MR) is 70.7 cm³/mol. The molecule has 17 heavy (non-hydrogen) atoms. The van der Waals surface area contributed by atoms with Gasteiger partial charge in [-0.25, -0.2) is 0 Å². The maximum atomic E-state index is 10.2. The minimum atomic E-state index is -0.535. The Bertz CT molecular complexity index is 375. The van der Waals surface area contributed by atoms with E-state index in [0.717, 1.165) is 22.4 Å². The van der Waals surface area contributed by atoms with Crippen LogP contribution >= 0.6 is 0 Å². The highest BCUT2D eigenvalue weighted by molar-refractivity contribution is 5.48. The number of ether oxygens (including phenoxy) is 1. The number of hydrogen-bond donors (Lipinski definition) is 2. The van der Waals surface area contributed by atoms with E-state index in [-0.39, 0.29) is 0 Å². The highest BCUT2D eigenvalue weighted by Crippen LogP contribution is 2.35. The molecule has 0 aliphatic heterocycles. The van der Waals surface area contributed by atoms with Crippen LogP contribution in [0, 0.1) is 6.92 Å². The number of methoxy groups -OCH3 is 1. The summed E-state index contributed by atoms with van der Waals surface area (Å²) in [6.45, 7) is 6.78. The standard InChI is InChI=1S/C14H23NO2/c1-9(2)11-7-6-10(3)14(17-5)13(11)12(16)8-15-4/h6-7,9,12,15-16H,8H2,1-5H3. The first kappa shape index (κ1) is 14.0. The molecule has 0 heterocycles. The van der Waals surface area contributed by atoms with Gasteiger partial charge in [0.15, 0.2) is 0 Å². The molecule has 2 N–H and O–H groups in total. The molecule has 0 spiro atoms. The van der Waals surface area contributed by atoms with Gasteiger partial charge in [0.05, 0.1) is 13.2 Å². The van der Waals surface area contributed by atoms with Gasteiger partial charge in [0.2, 0.25) is 0 Å². The zero-order valence-electron chi connectivity index (χ0n) is 11.4. The summed E-state index contributed by atoms with van der Waals surface area (Å²) in [5, 5.41) is 13.2. The number of nitrogens with one attached hydrogen (secondary N) is 1. The number of likely N-dealkylation sites (N-methyl/N-ethyl adjacent to an activating group) is 1. The number of benzene rings is 1. The van der Waals surface area contributed by atoms with Crippen LogP contribution in [0.1, 0.15) is 42.6 Å². The van der Waals surface area contributed by atoms with E-state index in [2.05, 4.69) is 25.2 Å². The molecule has 0 aromatic heterocycles. The quantitative estimate of drug-likeness (QED) is 0.826. The average molecular weight is 237 g/mol. The van der Waals surface area contributed by atoms with Gasteiger partial charge in [-0.3, -0.25) is 0 Å². The molecule has 0 aliphatic carbocycles. The fourth-order valence-electron chi connectivity index (χ4n) is 2.14. The second kappa shape index (κ2) is 6.03. The topological polar surface area (TPSA) is 41.5 Å². The van der Waals surface area contributed by atoms with Gasteiger partial charge in [-0.05, 0) is 31.0 Å². The summed E-state index contributed by atoms with van der Waals surface area (Å²) in [6, 6.07) is 4.13. The van der Waals surface area contributed by atoms with Crippen molar-refractivity contribution in [3.8, 4) is 5.75 Å². The van der Waals surface area contributed by atoms with Crippen LogP contribution in [0.2, 0.25) is 0 Å². The number of aliphatic hydroxyl groups excluding tert-OH is 1. The maximum Gasteiger partial charge on any atom is 0.127 e. The SMILES string of the molecule is CNCC(O)c1c(C(C)C)ccc(C)c1OC. The molecule has 0 saturated heterocycles. The lowest BCUT2D eigenvalue weighted by atomic mass is 9.91. The summed E-state index contributed by atoms with van der Waals surface area (Å²) >= 11 is 0. The molecule has 0 fully saturated rings. The van der Waals surface area contributed by atoms with Gasteiger partial charge < -0.3 is 15.2 Å². The third kappa shape index (κ3) is 2.99. The fraction of sp³-hybridized carbons (Fsp3) is 0.571. The minimum absolute atomic E-state index is 0.367. The second-order valence-corrected chi connectivity index (χ2v) is 4.65. The molecule has 1 aromatic rings. The minimum Gasteiger partial charge on any atom is -0.496 e. The van der Waals surface area contributed by atoms with Crippen LogP contribution < -0.4 is 10.1 Å². The van der Waals surface area contributed by atoms with E-state index in [4.69, 9.17) is 4.74 Å². The largest absolute Gasteiger partial charge is 0.496 e. The van der Waals surface area contributed by atoms with Crippen LogP contribution in [-0.2, 0) is 0 Å². The monoisotopic (exact) mass is 237 g/mol. The molecule has 1 atom stereocenters. The summed E-state index contributed by atoms with van der Waals surface area (Å²) in [6.07, 6.45) is -0.535. The Kier molecular flexibility index (Phi) is 4.97. The molecule has 0 bridgehead atoms. The van der Waals surface area contributed by atoms with Crippen LogP contribution in [-0.4, -0.2) is 25.8 Å². The van der Waals surface area contributed by atoms with E-state index in [0.29, 0.717) is 12.5 Å². The van der Waals surface area contributed by atoms with E-state index < -0.39 is 6.10 Å². The van der Waals surface area contributed by atoms with Crippen molar-refractivity contribution in [2.45, 2.75) is 32.8 Å². The molecule has 3 heteroatoms. The smallest absolute Gasteiger partial charge is 0.127 e. The van der Waals surface area contributed by atoms with Crippen molar-refractivity contribution in [2.75, 3.05) is 20.7 Å². The van der Waals surface area contributed by atoms with Crippen LogP contribution in [0.5, 0.6) is 5.75 Å². The molecule has 1 aromatic carbocycles. The summed E-state index contributed by atoms with van der Waals surface area (Å²) in [4.78, 5) is 0. The first-order valence-corrected chi connectivity index (χ1v) is 6.03. The third-order valence-electron chi connectivity index (χ3n) is 2.98. The van der Waals surface area contributed by atoms with Gasteiger partial charge in [0, 0.05) is 12.1 Å². The van der Waals surface area contributed by atoms with Crippen LogP contribution in [0.3, 0.4) is 0 Å². The molecule has 1 rings (SSSR count). The maximum absolute atomic E-state index is 10.2. The summed E-state index contributed by atoms with van der Waals surface area (Å²) in [7, 11) is 3.49. The Morgan fingerprint density at radius 2 is 2.00 bits per heavy atom. The zero-order valence-corrected chi connectivity index (χ0v) is 11.4. The second-order valence-electron chi connectivity index (χ2n) is 4.65. The third-order valence-corrected chi connectivity index (χ3v) is 2.98. The lowest BCUT2D eigenvalue weighted by molar-refractivity contribution is 0.171. The van der Waals surface area contributed by atoms with Crippen molar-refractivity contribution in [1.29, 1.82) is 0 Å². The molecule has 0 amide bonds.